The van der Waals surface area contributed by atoms with E-state index < -0.39 is 0 Å². The number of hydrogen-bond donors (Lipinski definition) is 2. The molecule has 74 valence electrons. The molecule has 0 aliphatic heterocycles. The topological polar surface area (TPSA) is 53.6 Å². The predicted molar refractivity (Wildman–Crippen MR) is 54.2 cm³/mol. The monoisotopic (exact) mass is 192 g/mol. The van der Waals surface area contributed by atoms with Crippen LogP contribution in [0.25, 0.3) is 11.3 Å². The Morgan fingerprint density at radius 2 is 1.79 bits per heavy atom. The van der Waals surface area contributed by atoms with Gasteiger partial charge >= 0.3 is 0 Å². The van der Waals surface area contributed by atoms with Crippen molar-refractivity contribution in [3.8, 4) is 22.8 Å². The molecule has 2 rings (SSSR count). The highest BCUT2D eigenvalue weighted by atomic mass is 16.3. The smallest absolute Gasteiger partial charge is 0.168 e. The molecule has 14 heavy (non-hydrogen) atoms. The van der Waals surface area contributed by atoms with Crippen LogP contribution in [0.2, 0.25) is 0 Å². The summed E-state index contributed by atoms with van der Waals surface area (Å²) in [5.41, 5.74) is 0.491. The van der Waals surface area contributed by atoms with E-state index in [0.717, 1.165) is 0 Å². The maximum atomic E-state index is 9.46. The molecule has 1 aromatic carbocycles. The fourth-order valence-corrected chi connectivity index (χ4v) is 1.16. The first-order valence-corrected chi connectivity index (χ1v) is 3.84. The first kappa shape index (κ1) is 10.2. The molecule has 3 nitrogen and oxygen atoms in total. The lowest BCUT2D eigenvalue weighted by molar-refractivity contribution is 0.403. The van der Waals surface area contributed by atoms with Crippen LogP contribution in [0.1, 0.15) is 7.43 Å². The molecule has 0 spiro atoms. The van der Waals surface area contributed by atoms with Gasteiger partial charge < -0.3 is 14.6 Å². The van der Waals surface area contributed by atoms with E-state index in [1.165, 1.54) is 12.3 Å². The number of furan rings is 1. The molecular formula is C11H12O3. The molecule has 0 radical (unpaired) electrons. The van der Waals surface area contributed by atoms with Gasteiger partial charge in [0.25, 0.3) is 0 Å². The molecule has 0 fully saturated rings. The molecule has 0 aliphatic rings. The molecule has 0 saturated carbocycles. The van der Waals surface area contributed by atoms with E-state index in [1.807, 2.05) is 0 Å². The minimum Gasteiger partial charge on any atom is -0.504 e. The van der Waals surface area contributed by atoms with E-state index in [0.29, 0.717) is 11.3 Å². The normalized spacial score (nSPS) is 9.43. The zero-order chi connectivity index (χ0) is 9.26. The third kappa shape index (κ3) is 1.57. The van der Waals surface area contributed by atoms with E-state index in [1.54, 1.807) is 24.3 Å². The van der Waals surface area contributed by atoms with Crippen molar-refractivity contribution >= 4 is 0 Å². The highest BCUT2D eigenvalue weighted by molar-refractivity contribution is 5.68. The highest BCUT2D eigenvalue weighted by Gasteiger charge is 2.09. The number of hydrogen-bond acceptors (Lipinski definition) is 3. The number of phenols is 2. The lowest BCUT2D eigenvalue weighted by Gasteiger charge is -2.01. The number of benzene rings is 1. The first-order chi connectivity index (χ1) is 6.29. The van der Waals surface area contributed by atoms with Gasteiger partial charge in [-0.1, -0.05) is 13.5 Å². The van der Waals surface area contributed by atoms with Crippen molar-refractivity contribution in [2.45, 2.75) is 7.43 Å². The molecule has 2 N–H and O–H groups in total. The zero-order valence-corrected chi connectivity index (χ0v) is 6.77. The minimum absolute atomic E-state index is 0. The van der Waals surface area contributed by atoms with Gasteiger partial charge in [0.05, 0.1) is 11.8 Å². The van der Waals surface area contributed by atoms with Gasteiger partial charge in [0.1, 0.15) is 5.76 Å². The van der Waals surface area contributed by atoms with Gasteiger partial charge in [0.15, 0.2) is 11.5 Å². The molecule has 1 aromatic heterocycles. The maximum absolute atomic E-state index is 9.46. The Morgan fingerprint density at radius 3 is 2.43 bits per heavy atom. The third-order valence-electron chi connectivity index (χ3n) is 1.80. The van der Waals surface area contributed by atoms with Gasteiger partial charge in [-0.2, -0.15) is 0 Å². The molecule has 0 saturated heterocycles. The molecule has 0 amide bonds. The summed E-state index contributed by atoms with van der Waals surface area (Å²) in [4.78, 5) is 0. The Hall–Kier alpha value is -1.90. The van der Waals surface area contributed by atoms with Crippen molar-refractivity contribution in [3.05, 3.63) is 36.6 Å². The van der Waals surface area contributed by atoms with Gasteiger partial charge in [-0.25, -0.2) is 0 Å². The lowest BCUT2D eigenvalue weighted by atomic mass is 10.1. The van der Waals surface area contributed by atoms with Crippen LogP contribution >= 0.6 is 0 Å². The molecule has 0 unspecified atom stereocenters. The molecule has 2 aromatic rings. The SMILES string of the molecule is C.Oc1cccc(-c2ccco2)c1O. The predicted octanol–water partition coefficient (Wildman–Crippen LogP) is 2.99. The second-order valence-electron chi connectivity index (χ2n) is 2.65. The molecular weight excluding hydrogens is 180 g/mol. The Labute approximate surface area is 82.2 Å². The fraction of sp³-hybridized carbons (Fsp3) is 0.0909. The summed E-state index contributed by atoms with van der Waals surface area (Å²) < 4.78 is 5.08. The minimum atomic E-state index is -0.155. The van der Waals surface area contributed by atoms with Crippen LogP contribution in [0.4, 0.5) is 0 Å². The van der Waals surface area contributed by atoms with Crippen LogP contribution < -0.4 is 0 Å². The quantitative estimate of drug-likeness (QED) is 0.683. The summed E-state index contributed by atoms with van der Waals surface area (Å²) in [5.74, 6) is 0.236. The number of aromatic hydroxyl groups is 2. The van der Waals surface area contributed by atoms with Crippen LogP contribution in [-0.4, -0.2) is 10.2 Å². The molecule has 3 heteroatoms. The Kier molecular flexibility index (Phi) is 2.82. The van der Waals surface area contributed by atoms with Crippen LogP contribution in [0.3, 0.4) is 0 Å². The largest absolute Gasteiger partial charge is 0.504 e. The first-order valence-electron chi connectivity index (χ1n) is 3.84. The average Bonchev–Trinajstić information content (AvgIpc) is 2.62. The standard InChI is InChI=1S/C10H8O3.CH4/c11-8-4-1-3-7(10(8)12)9-5-2-6-13-9;/h1-6,11-12H;1H4. The van der Waals surface area contributed by atoms with Gasteiger partial charge in [-0.3, -0.25) is 0 Å². The second-order valence-corrected chi connectivity index (χ2v) is 2.65. The fourth-order valence-electron chi connectivity index (χ4n) is 1.16. The molecule has 1 heterocycles. The van der Waals surface area contributed by atoms with Crippen LogP contribution in [0, 0.1) is 0 Å². The molecule has 0 atom stereocenters. The van der Waals surface area contributed by atoms with E-state index in [4.69, 9.17) is 4.42 Å². The zero-order valence-electron chi connectivity index (χ0n) is 6.77. The molecule has 0 aliphatic carbocycles. The Balaban J connectivity index is 0.000000980. The van der Waals surface area contributed by atoms with Gasteiger partial charge in [-0.15, -0.1) is 0 Å². The van der Waals surface area contributed by atoms with Crippen molar-refractivity contribution in [1.82, 2.24) is 0 Å². The van der Waals surface area contributed by atoms with E-state index in [-0.39, 0.29) is 18.9 Å². The summed E-state index contributed by atoms with van der Waals surface area (Å²) in [5, 5.41) is 18.7. The lowest BCUT2D eigenvalue weighted by Crippen LogP contribution is -1.75. The number of para-hydroxylation sites is 1. The van der Waals surface area contributed by atoms with Crippen molar-refractivity contribution in [3.63, 3.8) is 0 Å². The van der Waals surface area contributed by atoms with Gasteiger partial charge in [0.2, 0.25) is 0 Å². The summed E-state index contributed by atoms with van der Waals surface area (Å²) >= 11 is 0. The number of rotatable bonds is 1. The van der Waals surface area contributed by atoms with Crippen molar-refractivity contribution in [2.24, 2.45) is 0 Å². The van der Waals surface area contributed by atoms with E-state index in [9.17, 15) is 10.2 Å². The summed E-state index contributed by atoms with van der Waals surface area (Å²) in [6.45, 7) is 0. The summed E-state index contributed by atoms with van der Waals surface area (Å²) in [7, 11) is 0. The van der Waals surface area contributed by atoms with Crippen molar-refractivity contribution in [2.75, 3.05) is 0 Å². The van der Waals surface area contributed by atoms with Gasteiger partial charge in [0, 0.05) is 0 Å². The summed E-state index contributed by atoms with van der Waals surface area (Å²) in [6.07, 6.45) is 1.51. The van der Waals surface area contributed by atoms with Gasteiger partial charge in [-0.05, 0) is 24.3 Å². The Bertz CT molecular complexity index is 404. The average molecular weight is 192 g/mol. The van der Waals surface area contributed by atoms with Crippen molar-refractivity contribution in [1.29, 1.82) is 0 Å². The number of phenolic OH excluding ortho intramolecular Hbond substituents is 2. The molecule has 0 bridgehead atoms. The van der Waals surface area contributed by atoms with Crippen LogP contribution in [0.15, 0.2) is 41.0 Å². The van der Waals surface area contributed by atoms with Crippen LogP contribution in [-0.2, 0) is 0 Å². The third-order valence-corrected chi connectivity index (χ3v) is 1.80. The van der Waals surface area contributed by atoms with E-state index in [2.05, 4.69) is 0 Å². The Morgan fingerprint density at radius 1 is 1.00 bits per heavy atom. The maximum Gasteiger partial charge on any atom is 0.168 e. The second kappa shape index (κ2) is 3.87. The summed E-state index contributed by atoms with van der Waals surface area (Å²) in [6, 6.07) is 8.18. The van der Waals surface area contributed by atoms with Crippen molar-refractivity contribution < 1.29 is 14.6 Å². The van der Waals surface area contributed by atoms with Crippen LogP contribution in [0.5, 0.6) is 11.5 Å². The van der Waals surface area contributed by atoms with E-state index >= 15 is 0 Å². The highest BCUT2D eigenvalue weighted by Crippen LogP contribution is 2.35.